The maximum atomic E-state index is 14.5. The summed E-state index contributed by atoms with van der Waals surface area (Å²) in [6.07, 6.45) is -5.19. The second kappa shape index (κ2) is 22.6. The highest BCUT2D eigenvalue weighted by molar-refractivity contribution is 5.78. The number of carbonyl (C=O) groups is 3. The van der Waals surface area contributed by atoms with E-state index in [4.69, 9.17) is 37.9 Å². The van der Waals surface area contributed by atoms with Gasteiger partial charge in [-0.15, -0.1) is 0 Å². The zero-order valence-corrected chi connectivity index (χ0v) is 40.7. The molecule has 4 N–H and O–H groups in total. The number of aliphatic hydroxyl groups excluding tert-OH is 2. The fraction of sp³-hybridized carbons (Fsp3) is 0.935. The number of amides is 1. The molecule has 4 heterocycles. The lowest BCUT2D eigenvalue weighted by molar-refractivity contribution is -0.320. The van der Waals surface area contributed by atoms with Crippen molar-refractivity contribution in [1.29, 1.82) is 0 Å². The van der Waals surface area contributed by atoms with Crippen LogP contribution in [0.4, 0.5) is 0 Å². The first-order valence-electron chi connectivity index (χ1n) is 23.3. The van der Waals surface area contributed by atoms with Gasteiger partial charge in [0.15, 0.2) is 18.7 Å². The van der Waals surface area contributed by atoms with Crippen LogP contribution in [0.1, 0.15) is 121 Å². The third-order valence-corrected chi connectivity index (χ3v) is 14.4. The minimum absolute atomic E-state index is 0.0890. The first-order chi connectivity index (χ1) is 29.4. The van der Waals surface area contributed by atoms with Crippen molar-refractivity contribution in [1.82, 2.24) is 15.1 Å². The molecule has 0 spiro atoms. The van der Waals surface area contributed by atoms with Gasteiger partial charge in [-0.05, 0) is 108 Å². The molecule has 18 atom stereocenters. The summed E-state index contributed by atoms with van der Waals surface area (Å²) in [4.78, 5) is 45.9. The number of ether oxygens (including phenoxy) is 8. The van der Waals surface area contributed by atoms with E-state index in [2.05, 4.69) is 10.2 Å². The van der Waals surface area contributed by atoms with Gasteiger partial charge in [-0.25, -0.2) is 0 Å². The monoisotopic (exact) mass is 902 g/mol. The number of aliphatic hydroxyl groups is 3. The molecule has 0 aromatic heterocycles. The first kappa shape index (κ1) is 53.6. The Balaban J connectivity index is 1.76. The SMILES string of the molecule is CC[C@H]1OC(=O)[C@H](C)[C@@H](O[C@H]2C[C@@](C)(OC)[C@@H](OC(=O)CCN3CCCCC3)[C@H](C)O2)[C@H](C)[C@@H](O[C@@H]2O[C@H](C)C[C@H](N(C)C)[C@H]2O)[C@](C)(OC)C[C@@H](C)C(=O)N[C@H](C)[C@@H](O)[C@]1(C)O. The van der Waals surface area contributed by atoms with Gasteiger partial charge in [0, 0.05) is 45.1 Å². The van der Waals surface area contributed by atoms with E-state index in [1.165, 1.54) is 20.5 Å². The molecule has 0 saturated carbocycles. The van der Waals surface area contributed by atoms with E-state index in [1.807, 2.05) is 39.8 Å². The molecular weight excluding hydrogens is 819 g/mol. The number of piperidine rings is 1. The molecule has 0 radical (unpaired) electrons. The largest absolute Gasteiger partial charge is 0.459 e. The van der Waals surface area contributed by atoms with E-state index in [0.29, 0.717) is 13.0 Å². The summed E-state index contributed by atoms with van der Waals surface area (Å²) in [7, 11) is 6.82. The number of esters is 2. The van der Waals surface area contributed by atoms with Crippen LogP contribution in [0.25, 0.3) is 0 Å². The topological polar surface area (TPSA) is 204 Å². The Kier molecular flexibility index (Phi) is 19.3. The molecule has 0 aliphatic carbocycles. The van der Waals surface area contributed by atoms with E-state index in [-0.39, 0.29) is 43.8 Å². The van der Waals surface area contributed by atoms with Crippen molar-refractivity contribution in [3.63, 3.8) is 0 Å². The van der Waals surface area contributed by atoms with Crippen LogP contribution in [0.2, 0.25) is 0 Å². The van der Waals surface area contributed by atoms with Crippen LogP contribution in [0.5, 0.6) is 0 Å². The standard InChI is InChI=1S/C46H83N3O14/c1-15-33-46(10,55)38(52)30(6)47-41(53)26(2)24-44(8,56-13)39(63-43-36(51)32(48(11)12)23-27(3)58-43)28(4)37(29(5)42(54)60-33)62-35-25-45(9,57-14)40(31(7)59-35)61-34(50)19-22-49-20-17-16-18-21-49/h26-33,35-40,43,51-52,55H,15-25H2,1-14H3,(H,47,53)/t26-,27-,28+,29-,30-,31+,32+,33-,35+,36-,37+,38-,39-,40+,43+,44-,45-,46-/m1/s1. The van der Waals surface area contributed by atoms with E-state index < -0.39 is 108 Å². The smallest absolute Gasteiger partial charge is 0.311 e. The zero-order valence-electron chi connectivity index (χ0n) is 40.7. The van der Waals surface area contributed by atoms with Gasteiger partial charge >= 0.3 is 11.9 Å². The van der Waals surface area contributed by atoms with E-state index in [0.717, 1.165) is 25.9 Å². The third kappa shape index (κ3) is 12.9. The summed E-state index contributed by atoms with van der Waals surface area (Å²) >= 11 is 0. The van der Waals surface area contributed by atoms with Gasteiger partial charge in [0.25, 0.3) is 0 Å². The van der Waals surface area contributed by atoms with Gasteiger partial charge in [0.05, 0.1) is 48.4 Å². The quantitative estimate of drug-likeness (QED) is 0.208. The van der Waals surface area contributed by atoms with Crippen molar-refractivity contribution >= 4 is 17.8 Å². The Hall–Kier alpha value is -2.03. The van der Waals surface area contributed by atoms with Gasteiger partial charge in [-0.3, -0.25) is 14.4 Å². The molecule has 4 rings (SSSR count). The number of hydrogen-bond acceptors (Lipinski definition) is 16. The maximum absolute atomic E-state index is 14.5. The van der Waals surface area contributed by atoms with Crippen molar-refractivity contribution in [3.8, 4) is 0 Å². The molecule has 4 aliphatic rings. The summed E-state index contributed by atoms with van der Waals surface area (Å²) in [5.41, 5.74) is -4.31. The number of rotatable bonds is 12. The third-order valence-electron chi connectivity index (χ3n) is 14.4. The summed E-state index contributed by atoms with van der Waals surface area (Å²) in [6, 6.07) is -1.24. The molecule has 0 unspecified atom stereocenters. The van der Waals surface area contributed by atoms with Crippen LogP contribution in [0, 0.1) is 17.8 Å². The van der Waals surface area contributed by atoms with Crippen LogP contribution in [-0.4, -0.2) is 181 Å². The van der Waals surface area contributed by atoms with Crippen LogP contribution in [-0.2, 0) is 52.3 Å². The van der Waals surface area contributed by atoms with Gasteiger partial charge in [0.1, 0.15) is 29.5 Å². The van der Waals surface area contributed by atoms with E-state index in [1.54, 1.807) is 48.7 Å². The van der Waals surface area contributed by atoms with Gasteiger partial charge in [-0.2, -0.15) is 0 Å². The van der Waals surface area contributed by atoms with Crippen molar-refractivity contribution in [3.05, 3.63) is 0 Å². The number of carbonyl (C=O) groups excluding carboxylic acids is 3. The predicted molar refractivity (Wildman–Crippen MR) is 233 cm³/mol. The number of likely N-dealkylation sites (tertiary alicyclic amines) is 1. The predicted octanol–water partition coefficient (Wildman–Crippen LogP) is 3.17. The molecule has 4 saturated heterocycles. The maximum Gasteiger partial charge on any atom is 0.311 e. The lowest BCUT2D eigenvalue weighted by atomic mass is 9.77. The molecular formula is C46H83N3O14. The second-order valence-corrected chi connectivity index (χ2v) is 19.9. The van der Waals surface area contributed by atoms with Crippen LogP contribution < -0.4 is 5.32 Å². The lowest BCUT2D eigenvalue weighted by Crippen LogP contribution is -2.61. The van der Waals surface area contributed by atoms with Gasteiger partial charge in [-0.1, -0.05) is 27.2 Å². The minimum Gasteiger partial charge on any atom is -0.459 e. The highest BCUT2D eigenvalue weighted by Crippen LogP contribution is 2.41. The Morgan fingerprint density at radius 3 is 2.11 bits per heavy atom. The van der Waals surface area contributed by atoms with Crippen LogP contribution in [0.3, 0.4) is 0 Å². The van der Waals surface area contributed by atoms with E-state index >= 15 is 0 Å². The van der Waals surface area contributed by atoms with Crippen molar-refractivity contribution < 1.29 is 67.6 Å². The van der Waals surface area contributed by atoms with Gasteiger partial charge in [0.2, 0.25) is 5.91 Å². The fourth-order valence-electron chi connectivity index (χ4n) is 10.3. The number of nitrogens with one attached hydrogen (secondary N) is 1. The van der Waals surface area contributed by atoms with Gasteiger partial charge < -0.3 is 68.3 Å². The number of hydrogen-bond donors (Lipinski definition) is 4. The Labute approximate surface area is 376 Å². The highest BCUT2D eigenvalue weighted by Gasteiger charge is 2.54. The summed E-state index contributed by atoms with van der Waals surface area (Å²) in [5.74, 6) is -4.03. The Morgan fingerprint density at radius 2 is 1.52 bits per heavy atom. The molecule has 4 fully saturated rings. The van der Waals surface area contributed by atoms with Crippen molar-refractivity contribution in [2.75, 3.05) is 47.9 Å². The molecule has 366 valence electrons. The molecule has 0 bridgehead atoms. The fourth-order valence-corrected chi connectivity index (χ4v) is 10.3. The lowest BCUT2D eigenvalue weighted by Gasteiger charge is -2.49. The van der Waals surface area contributed by atoms with E-state index in [9.17, 15) is 29.7 Å². The minimum atomic E-state index is -1.97. The Bertz CT molecular complexity index is 1480. The number of nitrogens with zero attached hydrogens (tertiary/aromatic N) is 2. The van der Waals surface area contributed by atoms with Crippen molar-refractivity contribution in [2.24, 2.45) is 17.8 Å². The molecule has 63 heavy (non-hydrogen) atoms. The molecule has 0 aromatic rings. The summed E-state index contributed by atoms with van der Waals surface area (Å²) < 4.78 is 51.2. The van der Waals surface area contributed by atoms with Crippen LogP contribution >= 0.6 is 0 Å². The highest BCUT2D eigenvalue weighted by atomic mass is 16.7. The summed E-state index contributed by atoms with van der Waals surface area (Å²) in [6.45, 7) is 19.8. The number of likely N-dealkylation sites (N-methyl/N-ethyl adjacent to an activating group) is 1. The molecule has 17 heteroatoms. The number of methoxy groups -OCH3 is 2. The average Bonchev–Trinajstić information content (AvgIpc) is 3.24. The number of cyclic esters (lactones) is 1. The Morgan fingerprint density at radius 1 is 0.905 bits per heavy atom. The van der Waals surface area contributed by atoms with Crippen molar-refractivity contribution in [2.45, 2.75) is 211 Å². The molecule has 4 aliphatic heterocycles. The van der Waals surface area contributed by atoms with Crippen LogP contribution in [0.15, 0.2) is 0 Å². The average molecular weight is 902 g/mol. The summed E-state index contributed by atoms with van der Waals surface area (Å²) in [5, 5.41) is 37.8. The first-order valence-corrected chi connectivity index (χ1v) is 23.3. The normalized spacial score (nSPS) is 44.3. The molecule has 0 aromatic carbocycles. The second-order valence-electron chi connectivity index (χ2n) is 19.9. The zero-order chi connectivity index (χ0) is 47.2. The molecule has 1 amide bonds. The molecule has 17 nitrogen and oxygen atoms in total.